The quantitative estimate of drug-likeness (QED) is 0.813. The monoisotopic (exact) mass is 380 g/mol. The number of rotatable bonds is 5. The van der Waals surface area contributed by atoms with E-state index in [2.05, 4.69) is 0 Å². The molecule has 1 aromatic carbocycles. The number of amides is 1. The molecule has 1 N–H and O–H groups in total. The zero-order valence-corrected chi connectivity index (χ0v) is 15.8. The van der Waals surface area contributed by atoms with Crippen LogP contribution in [0.2, 0.25) is 0 Å². The van der Waals surface area contributed by atoms with Gasteiger partial charge in [-0.25, -0.2) is 12.7 Å². The van der Waals surface area contributed by atoms with Gasteiger partial charge in [0.25, 0.3) is 0 Å². The van der Waals surface area contributed by atoms with Crippen LogP contribution in [-0.4, -0.2) is 67.0 Å². The predicted molar refractivity (Wildman–Crippen MR) is 96.1 cm³/mol. The molecule has 0 aromatic heterocycles. The van der Waals surface area contributed by atoms with Crippen molar-refractivity contribution in [3.8, 4) is 0 Å². The van der Waals surface area contributed by atoms with E-state index >= 15 is 0 Å². The van der Waals surface area contributed by atoms with Crippen molar-refractivity contribution in [1.82, 2.24) is 9.21 Å². The van der Waals surface area contributed by atoms with Crippen molar-refractivity contribution in [1.29, 1.82) is 0 Å². The van der Waals surface area contributed by atoms with Crippen LogP contribution in [0.3, 0.4) is 0 Å². The smallest absolute Gasteiger partial charge is 0.313 e. The molecule has 0 spiro atoms. The number of benzene rings is 1. The van der Waals surface area contributed by atoms with E-state index in [1.54, 1.807) is 4.90 Å². The lowest BCUT2D eigenvalue weighted by atomic mass is 9.81. The zero-order chi connectivity index (χ0) is 19.1. The summed E-state index contributed by atoms with van der Waals surface area (Å²) in [6, 6.07) is 7.98. The van der Waals surface area contributed by atoms with E-state index in [1.165, 1.54) is 4.31 Å². The lowest BCUT2D eigenvalue weighted by Crippen LogP contribution is -2.42. The van der Waals surface area contributed by atoms with Crippen molar-refractivity contribution in [3.05, 3.63) is 35.4 Å². The fourth-order valence-corrected chi connectivity index (χ4v) is 4.84. The second-order valence-electron chi connectivity index (χ2n) is 7.47. The van der Waals surface area contributed by atoms with Crippen molar-refractivity contribution in [2.24, 2.45) is 11.3 Å². The molecule has 0 bridgehead atoms. The number of carbonyl (C=O) groups is 2. The van der Waals surface area contributed by atoms with Crippen LogP contribution in [-0.2, 0) is 26.0 Å². The minimum absolute atomic E-state index is 0.0619. The Morgan fingerprint density at radius 3 is 2.38 bits per heavy atom. The number of hydrogen-bond donors (Lipinski definition) is 1. The Bertz CT molecular complexity index is 820. The molecule has 1 aromatic rings. The lowest BCUT2D eigenvalue weighted by Gasteiger charge is -2.24. The van der Waals surface area contributed by atoms with Gasteiger partial charge >= 0.3 is 5.97 Å². The molecule has 2 aliphatic rings. The van der Waals surface area contributed by atoms with Crippen molar-refractivity contribution in [3.63, 3.8) is 0 Å². The van der Waals surface area contributed by atoms with Gasteiger partial charge in [0.05, 0.1) is 6.26 Å². The standard InChI is InChI=1S/C18H24N2O5S/c1-13-3-5-14(6-4-13)7-8-16(21)19-9-15-10-20(26(2,24)25)12-18(15,11-19)17(22)23/h3-6,15H,7-12H2,1-2H3,(H,22,23)/t15-,18-/m0/s1. The Morgan fingerprint density at radius 2 is 1.85 bits per heavy atom. The van der Waals surface area contributed by atoms with Crippen LogP contribution < -0.4 is 0 Å². The molecular formula is C18H24N2O5S. The fraction of sp³-hybridized carbons (Fsp3) is 0.556. The molecule has 0 radical (unpaired) electrons. The summed E-state index contributed by atoms with van der Waals surface area (Å²) >= 11 is 0. The number of fused-ring (bicyclic) bond motifs is 1. The highest BCUT2D eigenvalue weighted by Gasteiger charge is 2.59. The molecule has 2 heterocycles. The van der Waals surface area contributed by atoms with Crippen LogP contribution >= 0.6 is 0 Å². The van der Waals surface area contributed by atoms with Crippen LogP contribution in [0, 0.1) is 18.3 Å². The van der Waals surface area contributed by atoms with Crippen LogP contribution in [0.4, 0.5) is 0 Å². The Hall–Kier alpha value is -1.93. The molecule has 3 rings (SSSR count). The van der Waals surface area contributed by atoms with E-state index in [0.717, 1.165) is 17.4 Å². The number of hydrogen-bond acceptors (Lipinski definition) is 4. The number of nitrogens with zero attached hydrogens (tertiary/aromatic N) is 2. The maximum atomic E-state index is 12.6. The third-order valence-corrected chi connectivity index (χ3v) is 6.79. The van der Waals surface area contributed by atoms with E-state index in [1.807, 2.05) is 31.2 Å². The first-order valence-electron chi connectivity index (χ1n) is 8.64. The lowest BCUT2D eigenvalue weighted by molar-refractivity contribution is -0.149. The zero-order valence-electron chi connectivity index (χ0n) is 15.0. The molecule has 2 saturated heterocycles. The minimum Gasteiger partial charge on any atom is -0.481 e. The second-order valence-corrected chi connectivity index (χ2v) is 9.46. The number of carboxylic acids is 1. The van der Waals surface area contributed by atoms with Gasteiger partial charge in [-0.3, -0.25) is 9.59 Å². The van der Waals surface area contributed by atoms with Gasteiger partial charge in [-0.1, -0.05) is 29.8 Å². The topological polar surface area (TPSA) is 95.0 Å². The number of sulfonamides is 1. The summed E-state index contributed by atoms with van der Waals surface area (Å²) in [5, 5.41) is 9.73. The predicted octanol–water partition coefficient (Wildman–Crippen LogP) is 0.732. The number of likely N-dealkylation sites (tertiary alicyclic amines) is 1. The second kappa shape index (κ2) is 6.66. The molecule has 26 heavy (non-hydrogen) atoms. The Kier molecular flexibility index (Phi) is 4.83. The molecule has 0 aliphatic carbocycles. The Balaban J connectivity index is 1.66. The molecule has 7 nitrogen and oxygen atoms in total. The molecule has 8 heteroatoms. The van der Waals surface area contributed by atoms with E-state index in [0.29, 0.717) is 19.4 Å². The number of aryl methyl sites for hydroxylation is 2. The first-order valence-corrected chi connectivity index (χ1v) is 10.5. The minimum atomic E-state index is -3.44. The van der Waals surface area contributed by atoms with Crippen LogP contribution in [0.5, 0.6) is 0 Å². The molecule has 2 atom stereocenters. The highest BCUT2D eigenvalue weighted by atomic mass is 32.2. The van der Waals surface area contributed by atoms with Gasteiger partial charge in [0.15, 0.2) is 0 Å². The average molecular weight is 380 g/mol. The van der Waals surface area contributed by atoms with Crippen molar-refractivity contribution >= 4 is 21.9 Å². The summed E-state index contributed by atoms with van der Waals surface area (Å²) in [5.41, 5.74) is 1.04. The number of aliphatic carboxylic acids is 1. The van der Waals surface area contributed by atoms with Gasteiger partial charge in [0.2, 0.25) is 15.9 Å². The SMILES string of the molecule is Cc1ccc(CCC(=O)N2C[C@H]3CN(S(C)(=O)=O)C[C@@]3(C(=O)O)C2)cc1. The molecule has 2 fully saturated rings. The van der Waals surface area contributed by atoms with E-state index in [-0.39, 0.29) is 31.5 Å². The van der Waals surface area contributed by atoms with Crippen LogP contribution in [0.15, 0.2) is 24.3 Å². The van der Waals surface area contributed by atoms with Gasteiger partial charge in [0, 0.05) is 38.5 Å². The third-order valence-electron chi connectivity index (χ3n) is 5.57. The van der Waals surface area contributed by atoms with Gasteiger partial charge in [-0.05, 0) is 18.9 Å². The fourth-order valence-electron chi connectivity index (χ4n) is 3.93. The van der Waals surface area contributed by atoms with Crippen LogP contribution in [0.25, 0.3) is 0 Å². The molecular weight excluding hydrogens is 356 g/mol. The average Bonchev–Trinajstić information content (AvgIpc) is 3.09. The Morgan fingerprint density at radius 1 is 1.19 bits per heavy atom. The van der Waals surface area contributed by atoms with E-state index in [9.17, 15) is 23.1 Å². The summed E-state index contributed by atoms with van der Waals surface area (Å²) in [7, 11) is -3.44. The maximum Gasteiger partial charge on any atom is 0.313 e. The normalized spacial score (nSPS) is 26.1. The van der Waals surface area contributed by atoms with E-state index < -0.39 is 21.4 Å². The van der Waals surface area contributed by atoms with Crippen molar-refractivity contribution < 1.29 is 23.1 Å². The first kappa shape index (κ1) is 18.8. The van der Waals surface area contributed by atoms with E-state index in [4.69, 9.17) is 0 Å². The Labute approximate surface area is 153 Å². The molecule has 2 aliphatic heterocycles. The van der Waals surface area contributed by atoms with Crippen LogP contribution in [0.1, 0.15) is 17.5 Å². The van der Waals surface area contributed by atoms with Crippen molar-refractivity contribution in [2.75, 3.05) is 32.4 Å². The number of carbonyl (C=O) groups excluding carboxylic acids is 1. The third kappa shape index (κ3) is 3.48. The first-order chi connectivity index (χ1) is 12.1. The van der Waals surface area contributed by atoms with Gasteiger partial charge < -0.3 is 10.0 Å². The molecule has 142 valence electrons. The van der Waals surface area contributed by atoms with Gasteiger partial charge in [-0.2, -0.15) is 0 Å². The highest BCUT2D eigenvalue weighted by Crippen LogP contribution is 2.43. The number of carboxylic acid groups (broad SMARTS) is 1. The summed E-state index contributed by atoms with van der Waals surface area (Å²) in [5.74, 6) is -1.47. The molecule has 0 unspecified atom stereocenters. The van der Waals surface area contributed by atoms with Crippen molar-refractivity contribution in [2.45, 2.75) is 19.8 Å². The highest BCUT2D eigenvalue weighted by molar-refractivity contribution is 7.88. The van der Waals surface area contributed by atoms with Gasteiger partial charge in [-0.15, -0.1) is 0 Å². The summed E-state index contributed by atoms with van der Waals surface area (Å²) in [6.07, 6.45) is 2.02. The summed E-state index contributed by atoms with van der Waals surface area (Å²) < 4.78 is 24.8. The molecule has 0 saturated carbocycles. The van der Waals surface area contributed by atoms with Gasteiger partial charge in [0.1, 0.15) is 5.41 Å². The maximum absolute atomic E-state index is 12.6. The largest absolute Gasteiger partial charge is 0.481 e. The summed E-state index contributed by atoms with van der Waals surface area (Å²) in [4.78, 5) is 26.0. The summed E-state index contributed by atoms with van der Waals surface area (Å²) in [6.45, 7) is 2.47. The molecule has 1 amide bonds.